The summed E-state index contributed by atoms with van der Waals surface area (Å²) in [6, 6.07) is 0. The third-order valence-corrected chi connectivity index (χ3v) is 2.12. The van der Waals surface area contributed by atoms with Crippen LogP contribution in [0.2, 0.25) is 0 Å². The van der Waals surface area contributed by atoms with Crippen molar-refractivity contribution in [2.24, 2.45) is 5.92 Å². The highest BCUT2D eigenvalue weighted by atomic mass is 35.5. The zero-order chi connectivity index (χ0) is 9.30. The van der Waals surface area contributed by atoms with E-state index in [-0.39, 0.29) is 5.92 Å². The largest absolute Gasteiger partial charge is 0.297 e. The maximum atomic E-state index is 11.7. The smallest absolute Gasteiger partial charge is 0.297 e. The molecule has 0 bridgehead atoms. The lowest BCUT2D eigenvalue weighted by atomic mass is 10.1. The van der Waals surface area contributed by atoms with E-state index in [2.05, 4.69) is 0 Å². The average Bonchev–Trinajstić information content (AvgIpc) is 2.82. The van der Waals surface area contributed by atoms with Crippen LogP contribution in [0, 0.1) is 5.92 Å². The van der Waals surface area contributed by atoms with Crippen LogP contribution in [0.25, 0.3) is 0 Å². The van der Waals surface area contributed by atoms with Gasteiger partial charge in [-0.15, -0.1) is 11.6 Å². The Labute approximate surface area is 72.9 Å². The predicted octanol–water partition coefficient (Wildman–Crippen LogP) is 1.41. The van der Waals surface area contributed by atoms with Crippen LogP contribution in [-0.4, -0.2) is 23.4 Å². The maximum absolute atomic E-state index is 11.7. The van der Waals surface area contributed by atoms with Gasteiger partial charge >= 0.3 is 0 Å². The van der Waals surface area contributed by atoms with Crippen molar-refractivity contribution in [3.8, 4) is 0 Å². The Bertz CT molecular complexity index is 199. The Morgan fingerprint density at radius 2 is 1.83 bits per heavy atom. The van der Waals surface area contributed by atoms with Gasteiger partial charge in [0, 0.05) is 5.92 Å². The van der Waals surface area contributed by atoms with E-state index in [1.807, 2.05) is 0 Å². The molecular formula is C7H7ClF2O2. The van der Waals surface area contributed by atoms with Gasteiger partial charge in [-0.3, -0.25) is 9.59 Å². The van der Waals surface area contributed by atoms with Crippen molar-refractivity contribution in [2.75, 3.05) is 0 Å². The lowest BCUT2D eigenvalue weighted by Gasteiger charge is -2.04. The molecule has 0 spiro atoms. The fraction of sp³-hybridized carbons (Fsp3) is 0.714. The van der Waals surface area contributed by atoms with Gasteiger partial charge in [-0.2, -0.15) is 0 Å². The fourth-order valence-electron chi connectivity index (χ4n) is 0.826. The predicted molar refractivity (Wildman–Crippen MR) is 38.4 cm³/mol. The summed E-state index contributed by atoms with van der Waals surface area (Å²) in [5, 5.41) is -1.64. The summed E-state index contributed by atoms with van der Waals surface area (Å²) in [6.45, 7) is 0. The number of carbonyl (C=O) groups excluding carboxylic acids is 2. The molecule has 0 aromatic heterocycles. The van der Waals surface area contributed by atoms with Gasteiger partial charge in [0.25, 0.3) is 6.43 Å². The van der Waals surface area contributed by atoms with Crippen molar-refractivity contribution in [3.05, 3.63) is 0 Å². The number of hydrogen-bond donors (Lipinski definition) is 0. The van der Waals surface area contributed by atoms with Crippen LogP contribution in [0.4, 0.5) is 8.78 Å². The quantitative estimate of drug-likeness (QED) is 0.503. The summed E-state index contributed by atoms with van der Waals surface area (Å²) in [5.41, 5.74) is 0. The van der Waals surface area contributed by atoms with E-state index in [1.165, 1.54) is 0 Å². The van der Waals surface area contributed by atoms with E-state index in [9.17, 15) is 18.4 Å². The summed E-state index contributed by atoms with van der Waals surface area (Å²) >= 11 is 5.23. The highest BCUT2D eigenvalue weighted by molar-refractivity contribution is 6.42. The minimum absolute atomic E-state index is 0.254. The van der Waals surface area contributed by atoms with E-state index >= 15 is 0 Å². The molecule has 1 aliphatic rings. The van der Waals surface area contributed by atoms with Crippen LogP contribution in [0.5, 0.6) is 0 Å². The first-order valence-electron chi connectivity index (χ1n) is 3.53. The first-order valence-corrected chi connectivity index (χ1v) is 3.97. The van der Waals surface area contributed by atoms with Crippen LogP contribution in [-0.2, 0) is 9.59 Å². The van der Waals surface area contributed by atoms with Crippen molar-refractivity contribution in [3.63, 3.8) is 0 Å². The number of Topliss-reactive ketones (excluding diaryl/α,β-unsaturated/α-hetero) is 2. The molecule has 5 heteroatoms. The van der Waals surface area contributed by atoms with Crippen molar-refractivity contribution < 1.29 is 18.4 Å². The molecule has 0 amide bonds. The molecule has 1 atom stereocenters. The summed E-state index contributed by atoms with van der Waals surface area (Å²) in [7, 11) is 0. The van der Waals surface area contributed by atoms with Crippen molar-refractivity contribution in [1.82, 2.24) is 0 Å². The Hall–Kier alpha value is -0.510. The number of hydrogen-bond acceptors (Lipinski definition) is 2. The molecule has 0 heterocycles. The highest BCUT2D eigenvalue weighted by Crippen LogP contribution is 2.32. The number of rotatable bonds is 4. The van der Waals surface area contributed by atoms with Gasteiger partial charge in [-0.25, -0.2) is 8.78 Å². The fourth-order valence-corrected chi connectivity index (χ4v) is 1.10. The van der Waals surface area contributed by atoms with Crippen LogP contribution in [0.1, 0.15) is 12.8 Å². The average molecular weight is 197 g/mol. The van der Waals surface area contributed by atoms with Gasteiger partial charge in [-0.1, -0.05) is 0 Å². The minimum atomic E-state index is -3.14. The van der Waals surface area contributed by atoms with Crippen LogP contribution >= 0.6 is 11.6 Å². The maximum Gasteiger partial charge on any atom is 0.297 e. The summed E-state index contributed by atoms with van der Waals surface area (Å²) in [5.74, 6) is -2.29. The zero-order valence-electron chi connectivity index (χ0n) is 6.10. The standard InChI is InChI=1S/C7H7ClF2O2/c8-4(6(12)7(9)10)5(11)3-1-2-3/h3-4,7H,1-2H2/t4-/m0/s1. The lowest BCUT2D eigenvalue weighted by molar-refractivity contribution is -0.134. The normalized spacial score (nSPS) is 19.3. The number of carbonyl (C=O) groups is 2. The van der Waals surface area contributed by atoms with Crippen LogP contribution in [0.3, 0.4) is 0 Å². The van der Waals surface area contributed by atoms with E-state index in [1.54, 1.807) is 0 Å². The molecule has 0 unspecified atom stereocenters. The molecule has 1 rings (SSSR count). The van der Waals surface area contributed by atoms with Crippen molar-refractivity contribution in [2.45, 2.75) is 24.6 Å². The molecule has 1 saturated carbocycles. The Morgan fingerprint density at radius 1 is 1.33 bits per heavy atom. The molecule has 2 nitrogen and oxygen atoms in total. The molecule has 0 aromatic rings. The molecule has 0 N–H and O–H groups in total. The Morgan fingerprint density at radius 3 is 2.17 bits per heavy atom. The second-order valence-corrected chi connectivity index (χ2v) is 3.18. The van der Waals surface area contributed by atoms with Gasteiger partial charge in [0.15, 0.2) is 11.2 Å². The first kappa shape index (κ1) is 9.58. The molecule has 68 valence electrons. The molecule has 12 heavy (non-hydrogen) atoms. The van der Waals surface area contributed by atoms with Gasteiger partial charge in [0.2, 0.25) is 5.78 Å². The molecule has 0 radical (unpaired) electrons. The Balaban J connectivity index is 2.50. The first-order chi connectivity index (χ1) is 5.54. The molecule has 0 aromatic carbocycles. The number of halogens is 3. The summed E-state index contributed by atoms with van der Waals surface area (Å²) in [4.78, 5) is 21.5. The van der Waals surface area contributed by atoms with Gasteiger partial charge in [0.05, 0.1) is 0 Å². The SMILES string of the molecule is O=C(C(F)F)[C@@H](Cl)C(=O)C1CC1. The molecule has 0 saturated heterocycles. The van der Waals surface area contributed by atoms with Gasteiger partial charge in [-0.05, 0) is 12.8 Å². The van der Waals surface area contributed by atoms with E-state index < -0.39 is 23.4 Å². The van der Waals surface area contributed by atoms with Crippen LogP contribution < -0.4 is 0 Å². The van der Waals surface area contributed by atoms with E-state index in [0.717, 1.165) is 0 Å². The van der Waals surface area contributed by atoms with Gasteiger partial charge < -0.3 is 0 Å². The van der Waals surface area contributed by atoms with E-state index in [4.69, 9.17) is 11.6 Å². The Kier molecular flexibility index (Phi) is 2.77. The zero-order valence-corrected chi connectivity index (χ0v) is 6.85. The second-order valence-electron chi connectivity index (χ2n) is 2.74. The highest BCUT2D eigenvalue weighted by Gasteiger charge is 2.39. The van der Waals surface area contributed by atoms with Crippen molar-refractivity contribution in [1.29, 1.82) is 0 Å². The summed E-state index contributed by atoms with van der Waals surface area (Å²) < 4.78 is 23.5. The third-order valence-electron chi connectivity index (χ3n) is 1.69. The minimum Gasteiger partial charge on any atom is -0.297 e. The molecule has 1 aliphatic carbocycles. The molecule has 0 aliphatic heterocycles. The number of ketones is 2. The number of alkyl halides is 3. The second kappa shape index (κ2) is 3.47. The summed E-state index contributed by atoms with van der Waals surface area (Å²) in [6.07, 6.45) is -1.81. The topological polar surface area (TPSA) is 34.1 Å². The molecule has 1 fully saturated rings. The monoisotopic (exact) mass is 196 g/mol. The van der Waals surface area contributed by atoms with Crippen LogP contribution in [0.15, 0.2) is 0 Å². The van der Waals surface area contributed by atoms with Gasteiger partial charge in [0.1, 0.15) is 0 Å². The van der Waals surface area contributed by atoms with E-state index in [0.29, 0.717) is 12.8 Å². The lowest BCUT2D eigenvalue weighted by Crippen LogP contribution is -2.30. The van der Waals surface area contributed by atoms with Crippen molar-refractivity contribution >= 4 is 23.2 Å². The third kappa shape index (κ3) is 2.00. The molecular weight excluding hydrogens is 190 g/mol.